The van der Waals surface area contributed by atoms with Crippen LogP contribution < -0.4 is 5.32 Å². The van der Waals surface area contributed by atoms with Gasteiger partial charge in [-0.3, -0.25) is 0 Å². The number of halogens is 1. The van der Waals surface area contributed by atoms with Crippen molar-refractivity contribution >= 4 is 0 Å². The van der Waals surface area contributed by atoms with E-state index in [2.05, 4.69) is 17.1 Å². The summed E-state index contributed by atoms with van der Waals surface area (Å²) in [6.07, 6.45) is 3.02. The van der Waals surface area contributed by atoms with Crippen molar-refractivity contribution in [3.05, 3.63) is 35.6 Å². The number of benzene rings is 1. The number of hydrogen-bond acceptors (Lipinski definition) is 3. The zero-order valence-electron chi connectivity index (χ0n) is 12.9. The van der Waals surface area contributed by atoms with Gasteiger partial charge in [0, 0.05) is 24.8 Å². The van der Waals surface area contributed by atoms with Crippen LogP contribution in [0.2, 0.25) is 0 Å². The van der Waals surface area contributed by atoms with Crippen LogP contribution in [0.4, 0.5) is 4.39 Å². The molecule has 2 rings (SSSR count). The van der Waals surface area contributed by atoms with E-state index in [0.717, 1.165) is 51.0 Å². The molecule has 0 aromatic heterocycles. The van der Waals surface area contributed by atoms with E-state index in [1.807, 2.05) is 12.1 Å². The Labute approximate surface area is 127 Å². The molecule has 1 aromatic rings. The molecule has 1 saturated heterocycles. The molecule has 0 bridgehead atoms. The van der Waals surface area contributed by atoms with Gasteiger partial charge in [0.1, 0.15) is 5.82 Å². The van der Waals surface area contributed by atoms with Gasteiger partial charge in [-0.25, -0.2) is 4.39 Å². The highest BCUT2D eigenvalue weighted by Gasteiger charge is 2.23. The molecule has 1 aliphatic rings. The van der Waals surface area contributed by atoms with Gasteiger partial charge in [-0.2, -0.15) is 0 Å². The second-order valence-corrected chi connectivity index (χ2v) is 5.95. The van der Waals surface area contributed by atoms with Crippen LogP contribution >= 0.6 is 0 Å². The Morgan fingerprint density at radius 3 is 2.90 bits per heavy atom. The number of likely N-dealkylation sites (tertiary alicyclic amines) is 1. The fourth-order valence-electron chi connectivity index (χ4n) is 3.02. The maximum Gasteiger partial charge on any atom is 0.127 e. The lowest BCUT2D eigenvalue weighted by Crippen LogP contribution is -2.29. The van der Waals surface area contributed by atoms with Crippen molar-refractivity contribution in [2.24, 2.45) is 5.92 Å². The summed E-state index contributed by atoms with van der Waals surface area (Å²) >= 11 is 0. The van der Waals surface area contributed by atoms with Crippen molar-refractivity contribution in [2.75, 3.05) is 32.8 Å². The summed E-state index contributed by atoms with van der Waals surface area (Å²) in [6, 6.07) is 7.12. The van der Waals surface area contributed by atoms with Crippen LogP contribution in [0.5, 0.6) is 0 Å². The average molecular weight is 294 g/mol. The zero-order valence-corrected chi connectivity index (χ0v) is 12.9. The third-order valence-electron chi connectivity index (χ3n) is 4.28. The monoisotopic (exact) mass is 294 g/mol. The summed E-state index contributed by atoms with van der Waals surface area (Å²) in [5.41, 5.74) is 0.767. The molecule has 0 radical (unpaired) electrons. The predicted octanol–water partition coefficient (Wildman–Crippen LogP) is 2.57. The summed E-state index contributed by atoms with van der Waals surface area (Å²) in [5, 5.41) is 12.7. The molecule has 0 spiro atoms. The summed E-state index contributed by atoms with van der Waals surface area (Å²) in [5.74, 6) is 0.293. The minimum absolute atomic E-state index is 0.0688. The van der Waals surface area contributed by atoms with E-state index < -0.39 is 0 Å². The molecule has 1 aromatic carbocycles. The second kappa shape index (κ2) is 8.47. The third-order valence-corrected chi connectivity index (χ3v) is 4.28. The van der Waals surface area contributed by atoms with Crippen LogP contribution in [0, 0.1) is 11.7 Å². The fraction of sp³-hybridized carbons (Fsp3) is 0.647. The molecular formula is C17H27FN2O. The largest absolute Gasteiger partial charge is 0.396 e. The molecule has 21 heavy (non-hydrogen) atoms. The quantitative estimate of drug-likeness (QED) is 0.773. The molecule has 2 unspecified atom stereocenters. The molecule has 1 aliphatic heterocycles. The summed E-state index contributed by atoms with van der Waals surface area (Å²) in [7, 11) is 0. The Morgan fingerprint density at radius 2 is 2.24 bits per heavy atom. The van der Waals surface area contributed by atoms with E-state index >= 15 is 0 Å². The highest BCUT2D eigenvalue weighted by Crippen LogP contribution is 2.22. The van der Waals surface area contributed by atoms with E-state index in [9.17, 15) is 9.50 Å². The SMILES string of the molecule is CCCNC(CCN1CCC(CO)C1)c1ccccc1F. The van der Waals surface area contributed by atoms with Gasteiger partial charge in [-0.05, 0) is 50.9 Å². The summed E-state index contributed by atoms with van der Waals surface area (Å²) in [4.78, 5) is 2.38. The van der Waals surface area contributed by atoms with Crippen molar-refractivity contribution in [1.29, 1.82) is 0 Å². The average Bonchev–Trinajstić information content (AvgIpc) is 2.96. The highest BCUT2D eigenvalue weighted by molar-refractivity contribution is 5.21. The van der Waals surface area contributed by atoms with Crippen molar-refractivity contribution < 1.29 is 9.50 Å². The Hall–Kier alpha value is -0.970. The van der Waals surface area contributed by atoms with Gasteiger partial charge in [0.25, 0.3) is 0 Å². The van der Waals surface area contributed by atoms with E-state index in [1.165, 1.54) is 6.07 Å². The molecule has 4 heteroatoms. The molecule has 0 saturated carbocycles. The lowest BCUT2D eigenvalue weighted by atomic mass is 10.0. The van der Waals surface area contributed by atoms with Crippen molar-refractivity contribution in [1.82, 2.24) is 10.2 Å². The number of hydrogen-bond donors (Lipinski definition) is 2. The lowest BCUT2D eigenvalue weighted by Gasteiger charge is -2.23. The number of nitrogens with one attached hydrogen (secondary N) is 1. The first-order chi connectivity index (χ1) is 10.2. The second-order valence-electron chi connectivity index (χ2n) is 5.95. The Balaban J connectivity index is 1.92. The smallest absolute Gasteiger partial charge is 0.127 e. The first-order valence-corrected chi connectivity index (χ1v) is 8.05. The predicted molar refractivity (Wildman–Crippen MR) is 83.7 cm³/mol. The Bertz CT molecular complexity index is 427. The normalized spacial score (nSPS) is 20.8. The standard InChI is InChI=1S/C17H27FN2O/c1-2-9-19-17(15-5-3-4-6-16(15)18)8-11-20-10-7-14(12-20)13-21/h3-6,14,17,19,21H,2,7-13H2,1H3. The van der Waals surface area contributed by atoms with Gasteiger partial charge >= 0.3 is 0 Å². The lowest BCUT2D eigenvalue weighted by molar-refractivity contribution is 0.219. The number of aliphatic hydroxyl groups excluding tert-OH is 1. The van der Waals surface area contributed by atoms with Gasteiger partial charge < -0.3 is 15.3 Å². The molecule has 0 aliphatic carbocycles. The van der Waals surface area contributed by atoms with Crippen LogP contribution in [0.3, 0.4) is 0 Å². The third kappa shape index (κ3) is 4.77. The minimum Gasteiger partial charge on any atom is -0.396 e. The van der Waals surface area contributed by atoms with E-state index in [4.69, 9.17) is 0 Å². The molecule has 1 fully saturated rings. The van der Waals surface area contributed by atoms with Crippen molar-refractivity contribution in [3.63, 3.8) is 0 Å². The maximum absolute atomic E-state index is 14.0. The van der Waals surface area contributed by atoms with Crippen molar-refractivity contribution in [3.8, 4) is 0 Å². The molecule has 2 N–H and O–H groups in total. The van der Waals surface area contributed by atoms with Gasteiger partial charge in [-0.1, -0.05) is 25.1 Å². The molecule has 2 atom stereocenters. The van der Waals surface area contributed by atoms with Crippen LogP contribution in [-0.2, 0) is 0 Å². The Morgan fingerprint density at radius 1 is 1.43 bits per heavy atom. The molecule has 0 amide bonds. The van der Waals surface area contributed by atoms with Gasteiger partial charge in [0.15, 0.2) is 0 Å². The van der Waals surface area contributed by atoms with E-state index in [-0.39, 0.29) is 18.5 Å². The fourth-order valence-corrected chi connectivity index (χ4v) is 3.02. The molecule has 118 valence electrons. The van der Waals surface area contributed by atoms with Gasteiger partial charge in [0.05, 0.1) is 0 Å². The minimum atomic E-state index is -0.124. The van der Waals surface area contributed by atoms with E-state index in [0.29, 0.717) is 5.92 Å². The van der Waals surface area contributed by atoms with Crippen LogP contribution in [0.15, 0.2) is 24.3 Å². The van der Waals surface area contributed by atoms with Crippen LogP contribution in [-0.4, -0.2) is 42.8 Å². The summed E-state index contributed by atoms with van der Waals surface area (Å²) < 4.78 is 14.0. The van der Waals surface area contributed by atoms with Crippen molar-refractivity contribution in [2.45, 2.75) is 32.2 Å². The molecule has 3 nitrogen and oxygen atoms in total. The first kappa shape index (κ1) is 16.4. The topological polar surface area (TPSA) is 35.5 Å². The van der Waals surface area contributed by atoms with Crippen LogP contribution in [0.25, 0.3) is 0 Å². The first-order valence-electron chi connectivity index (χ1n) is 8.05. The number of rotatable bonds is 8. The van der Waals surface area contributed by atoms with Crippen LogP contribution in [0.1, 0.15) is 37.8 Å². The molecular weight excluding hydrogens is 267 g/mol. The highest BCUT2D eigenvalue weighted by atomic mass is 19.1. The maximum atomic E-state index is 14.0. The summed E-state index contributed by atoms with van der Waals surface area (Å²) in [6.45, 7) is 6.26. The van der Waals surface area contributed by atoms with Gasteiger partial charge in [0.2, 0.25) is 0 Å². The zero-order chi connectivity index (χ0) is 15.1. The number of aliphatic hydroxyl groups is 1. The number of nitrogens with zero attached hydrogens (tertiary/aromatic N) is 1. The Kier molecular flexibility index (Phi) is 6.61. The molecule has 1 heterocycles. The van der Waals surface area contributed by atoms with E-state index in [1.54, 1.807) is 6.07 Å². The van der Waals surface area contributed by atoms with Gasteiger partial charge in [-0.15, -0.1) is 0 Å².